The SMILES string of the molecule is CC(O)C(C)SCC(=O)Nc1ccccc1I. The van der Waals surface area contributed by atoms with Gasteiger partial charge in [-0.15, -0.1) is 11.8 Å². The van der Waals surface area contributed by atoms with E-state index in [2.05, 4.69) is 27.9 Å². The van der Waals surface area contributed by atoms with Crippen molar-refractivity contribution in [1.82, 2.24) is 0 Å². The topological polar surface area (TPSA) is 49.3 Å². The molecule has 0 radical (unpaired) electrons. The van der Waals surface area contributed by atoms with E-state index in [-0.39, 0.29) is 11.2 Å². The maximum absolute atomic E-state index is 11.7. The summed E-state index contributed by atoms with van der Waals surface area (Å²) in [6.07, 6.45) is -0.398. The molecule has 2 N–H and O–H groups in total. The van der Waals surface area contributed by atoms with Crippen LogP contribution in [0, 0.1) is 3.57 Å². The third-order valence-electron chi connectivity index (χ3n) is 2.30. The molecule has 5 heteroatoms. The normalized spacial score (nSPS) is 14.1. The zero-order valence-corrected chi connectivity index (χ0v) is 12.8. The molecule has 0 heterocycles. The number of para-hydroxylation sites is 1. The van der Waals surface area contributed by atoms with E-state index in [4.69, 9.17) is 0 Å². The first-order chi connectivity index (χ1) is 8.00. The van der Waals surface area contributed by atoms with Crippen LogP contribution in [0.25, 0.3) is 0 Å². The number of hydrogen-bond acceptors (Lipinski definition) is 3. The Balaban J connectivity index is 2.43. The highest BCUT2D eigenvalue weighted by atomic mass is 127. The van der Waals surface area contributed by atoms with Crippen molar-refractivity contribution in [2.75, 3.05) is 11.1 Å². The average molecular weight is 365 g/mol. The van der Waals surface area contributed by atoms with Crippen molar-refractivity contribution in [2.24, 2.45) is 0 Å². The van der Waals surface area contributed by atoms with Crippen LogP contribution in [0.3, 0.4) is 0 Å². The van der Waals surface area contributed by atoms with Gasteiger partial charge in [0.1, 0.15) is 0 Å². The van der Waals surface area contributed by atoms with Crippen molar-refractivity contribution in [3.05, 3.63) is 27.8 Å². The lowest BCUT2D eigenvalue weighted by molar-refractivity contribution is -0.113. The Morgan fingerprint density at radius 2 is 2.12 bits per heavy atom. The number of aliphatic hydroxyl groups excluding tert-OH is 1. The van der Waals surface area contributed by atoms with Crippen LogP contribution in [0.4, 0.5) is 5.69 Å². The van der Waals surface area contributed by atoms with Gasteiger partial charge in [0.05, 0.1) is 17.5 Å². The minimum absolute atomic E-state index is 0.0355. The molecule has 0 spiro atoms. The Bertz CT molecular complexity index is 385. The molecule has 1 aromatic rings. The van der Waals surface area contributed by atoms with E-state index in [0.29, 0.717) is 5.75 Å². The van der Waals surface area contributed by atoms with Crippen LogP contribution in [0.2, 0.25) is 0 Å². The molecule has 1 rings (SSSR count). The fraction of sp³-hybridized carbons (Fsp3) is 0.417. The maximum Gasteiger partial charge on any atom is 0.234 e. The number of halogens is 1. The summed E-state index contributed by atoms with van der Waals surface area (Å²) in [7, 11) is 0. The van der Waals surface area contributed by atoms with Gasteiger partial charge >= 0.3 is 0 Å². The Hall–Kier alpha value is -0.270. The molecule has 0 aliphatic carbocycles. The third-order valence-corrected chi connectivity index (χ3v) is 4.59. The molecular weight excluding hydrogens is 349 g/mol. The number of hydrogen-bond donors (Lipinski definition) is 2. The number of thioether (sulfide) groups is 1. The van der Waals surface area contributed by atoms with E-state index in [9.17, 15) is 9.90 Å². The van der Waals surface area contributed by atoms with Crippen molar-refractivity contribution in [3.63, 3.8) is 0 Å². The second-order valence-corrected chi connectivity index (χ2v) is 6.31. The van der Waals surface area contributed by atoms with Crippen LogP contribution < -0.4 is 5.32 Å². The summed E-state index contributed by atoms with van der Waals surface area (Å²) in [5, 5.41) is 12.2. The van der Waals surface area contributed by atoms with Gasteiger partial charge in [0.15, 0.2) is 0 Å². The van der Waals surface area contributed by atoms with E-state index in [0.717, 1.165) is 9.26 Å². The van der Waals surface area contributed by atoms with Crippen molar-refractivity contribution < 1.29 is 9.90 Å². The first-order valence-corrected chi connectivity index (χ1v) is 7.47. The summed E-state index contributed by atoms with van der Waals surface area (Å²) in [6.45, 7) is 3.64. The highest BCUT2D eigenvalue weighted by molar-refractivity contribution is 14.1. The minimum Gasteiger partial charge on any atom is -0.392 e. The zero-order valence-electron chi connectivity index (χ0n) is 9.81. The maximum atomic E-state index is 11.7. The molecule has 2 unspecified atom stereocenters. The molecule has 94 valence electrons. The molecule has 0 saturated carbocycles. The van der Waals surface area contributed by atoms with E-state index in [1.807, 2.05) is 31.2 Å². The monoisotopic (exact) mass is 365 g/mol. The summed E-state index contributed by atoms with van der Waals surface area (Å²) in [5.41, 5.74) is 0.836. The summed E-state index contributed by atoms with van der Waals surface area (Å²) >= 11 is 3.64. The van der Waals surface area contributed by atoms with Gasteiger partial charge in [-0.05, 0) is 41.6 Å². The fourth-order valence-electron chi connectivity index (χ4n) is 1.10. The fourth-order valence-corrected chi connectivity index (χ4v) is 2.38. The first kappa shape index (κ1) is 14.8. The number of amides is 1. The van der Waals surface area contributed by atoms with E-state index in [1.54, 1.807) is 6.92 Å². The molecule has 1 aromatic carbocycles. The summed E-state index contributed by atoms with van der Waals surface area (Å²) in [4.78, 5) is 11.7. The standard InChI is InChI=1S/C12H16INO2S/c1-8(15)9(2)17-7-12(16)14-11-6-4-3-5-10(11)13/h3-6,8-9,15H,7H2,1-2H3,(H,14,16). The molecule has 3 nitrogen and oxygen atoms in total. The molecule has 17 heavy (non-hydrogen) atoms. The minimum atomic E-state index is -0.398. The molecular formula is C12H16INO2S. The van der Waals surface area contributed by atoms with Gasteiger partial charge < -0.3 is 10.4 Å². The predicted octanol–water partition coefficient (Wildman–Crippen LogP) is 2.73. The number of benzene rings is 1. The lowest BCUT2D eigenvalue weighted by Gasteiger charge is -2.14. The number of carbonyl (C=O) groups excluding carboxylic acids is 1. The highest BCUT2D eigenvalue weighted by Gasteiger charge is 2.12. The second-order valence-electron chi connectivity index (χ2n) is 3.78. The Kier molecular flexibility index (Phi) is 6.29. The number of aliphatic hydroxyl groups is 1. The Morgan fingerprint density at radius 1 is 1.47 bits per heavy atom. The van der Waals surface area contributed by atoms with Gasteiger partial charge in [-0.1, -0.05) is 19.1 Å². The molecule has 0 bridgehead atoms. The van der Waals surface area contributed by atoms with E-state index >= 15 is 0 Å². The molecule has 0 fully saturated rings. The van der Waals surface area contributed by atoms with Gasteiger partial charge in [0, 0.05) is 8.82 Å². The van der Waals surface area contributed by atoms with Crippen LogP contribution in [0.15, 0.2) is 24.3 Å². The van der Waals surface area contributed by atoms with Gasteiger partial charge in [-0.2, -0.15) is 0 Å². The largest absolute Gasteiger partial charge is 0.392 e. The van der Waals surface area contributed by atoms with E-state index in [1.165, 1.54) is 11.8 Å². The molecule has 0 aliphatic heterocycles. The average Bonchev–Trinajstić information content (AvgIpc) is 2.29. The second kappa shape index (κ2) is 7.23. The summed E-state index contributed by atoms with van der Waals surface area (Å²) in [6, 6.07) is 7.65. The van der Waals surface area contributed by atoms with Crippen molar-refractivity contribution in [2.45, 2.75) is 25.2 Å². The van der Waals surface area contributed by atoms with Crippen molar-refractivity contribution in [3.8, 4) is 0 Å². The van der Waals surface area contributed by atoms with Gasteiger partial charge in [0.25, 0.3) is 0 Å². The smallest absolute Gasteiger partial charge is 0.234 e. The lowest BCUT2D eigenvalue weighted by Crippen LogP contribution is -2.21. The van der Waals surface area contributed by atoms with Crippen LogP contribution in [-0.2, 0) is 4.79 Å². The van der Waals surface area contributed by atoms with Crippen LogP contribution in [-0.4, -0.2) is 28.1 Å². The molecule has 1 amide bonds. The van der Waals surface area contributed by atoms with E-state index < -0.39 is 6.10 Å². The Labute approximate surface area is 120 Å². The van der Waals surface area contributed by atoms with Crippen LogP contribution in [0.1, 0.15) is 13.8 Å². The quantitative estimate of drug-likeness (QED) is 0.789. The molecule has 0 saturated heterocycles. The third kappa shape index (κ3) is 5.27. The first-order valence-electron chi connectivity index (χ1n) is 5.34. The molecule has 0 aliphatic rings. The van der Waals surface area contributed by atoms with Gasteiger partial charge in [0.2, 0.25) is 5.91 Å². The number of rotatable bonds is 5. The zero-order chi connectivity index (χ0) is 12.8. The summed E-state index contributed by atoms with van der Waals surface area (Å²) < 4.78 is 1.02. The molecule has 0 aromatic heterocycles. The Morgan fingerprint density at radius 3 is 2.71 bits per heavy atom. The van der Waals surface area contributed by atoms with Crippen LogP contribution in [0.5, 0.6) is 0 Å². The number of carbonyl (C=O) groups is 1. The van der Waals surface area contributed by atoms with Gasteiger partial charge in [-0.25, -0.2) is 0 Å². The number of anilines is 1. The van der Waals surface area contributed by atoms with Crippen molar-refractivity contribution >= 4 is 45.9 Å². The lowest BCUT2D eigenvalue weighted by atomic mass is 10.3. The van der Waals surface area contributed by atoms with Crippen molar-refractivity contribution in [1.29, 1.82) is 0 Å². The highest BCUT2D eigenvalue weighted by Crippen LogP contribution is 2.18. The van der Waals surface area contributed by atoms with Gasteiger partial charge in [-0.3, -0.25) is 4.79 Å². The molecule has 2 atom stereocenters. The van der Waals surface area contributed by atoms with Crippen LogP contribution >= 0.6 is 34.4 Å². The number of nitrogens with one attached hydrogen (secondary N) is 1. The predicted molar refractivity (Wildman–Crippen MR) is 81.4 cm³/mol. The summed E-state index contributed by atoms with van der Waals surface area (Å²) in [5.74, 6) is 0.323.